The molecule has 114 valence electrons. The van der Waals surface area contributed by atoms with Crippen molar-refractivity contribution in [1.82, 2.24) is 10.0 Å². The van der Waals surface area contributed by atoms with Gasteiger partial charge in [0.15, 0.2) is 0 Å². The lowest BCUT2D eigenvalue weighted by molar-refractivity contribution is -0.121. The fourth-order valence-corrected chi connectivity index (χ4v) is 2.47. The molecule has 2 N–H and O–H groups in total. The van der Waals surface area contributed by atoms with E-state index in [0.29, 0.717) is 6.54 Å². The lowest BCUT2D eigenvalue weighted by atomic mass is 10.2. The second kappa shape index (κ2) is 7.05. The maximum Gasteiger partial charge on any atom is 0.402 e. The van der Waals surface area contributed by atoms with E-state index < -0.39 is 22.7 Å². The second-order valence-electron chi connectivity index (χ2n) is 4.26. The Morgan fingerprint density at radius 2 is 1.75 bits per heavy atom. The number of benzene rings is 1. The Hall–Kier alpha value is -1.12. The van der Waals surface area contributed by atoms with Gasteiger partial charge in [-0.2, -0.15) is 13.2 Å². The first-order valence-corrected chi connectivity index (χ1v) is 7.59. The molecule has 0 aliphatic heterocycles. The van der Waals surface area contributed by atoms with Gasteiger partial charge < -0.3 is 5.32 Å². The minimum Gasteiger partial charge on any atom is -0.313 e. The Morgan fingerprint density at radius 3 is 2.25 bits per heavy atom. The number of nitrogens with one attached hydrogen (secondary N) is 2. The molecule has 0 radical (unpaired) electrons. The molecule has 0 heterocycles. The summed E-state index contributed by atoms with van der Waals surface area (Å²) in [6.07, 6.45) is -3.59. The molecule has 0 aliphatic rings. The molecule has 8 heteroatoms. The van der Waals surface area contributed by atoms with Crippen LogP contribution in [0.4, 0.5) is 13.2 Å². The number of hydrogen-bond donors (Lipinski definition) is 2. The van der Waals surface area contributed by atoms with Crippen LogP contribution in [0.5, 0.6) is 0 Å². The van der Waals surface area contributed by atoms with E-state index in [4.69, 9.17) is 0 Å². The summed E-state index contributed by atoms with van der Waals surface area (Å²) in [6.45, 7) is 1.88. The van der Waals surface area contributed by atoms with E-state index in [1.165, 1.54) is 16.9 Å². The largest absolute Gasteiger partial charge is 0.402 e. The molecule has 0 spiro atoms. The molecule has 20 heavy (non-hydrogen) atoms. The highest BCUT2D eigenvalue weighted by atomic mass is 32.2. The highest BCUT2D eigenvalue weighted by Gasteiger charge is 2.29. The Bertz CT molecular complexity index is 512. The average Bonchev–Trinajstić information content (AvgIpc) is 2.37. The Morgan fingerprint density at radius 1 is 1.15 bits per heavy atom. The van der Waals surface area contributed by atoms with E-state index >= 15 is 0 Å². The zero-order chi connectivity index (χ0) is 15.2. The van der Waals surface area contributed by atoms with Gasteiger partial charge in [0, 0.05) is 6.54 Å². The molecule has 1 rings (SSSR count). The summed E-state index contributed by atoms with van der Waals surface area (Å²) in [4.78, 5) is -0.180. The maximum atomic E-state index is 12.0. The third-order valence-electron chi connectivity index (χ3n) is 2.45. The molecular weight excluding hydrogens is 293 g/mol. The van der Waals surface area contributed by atoms with E-state index in [9.17, 15) is 21.6 Å². The molecule has 1 aromatic carbocycles. The number of hydrogen-bond acceptors (Lipinski definition) is 3. The first-order chi connectivity index (χ1) is 9.24. The van der Waals surface area contributed by atoms with Crippen LogP contribution >= 0.6 is 0 Å². The van der Waals surface area contributed by atoms with Crippen LogP contribution in [-0.2, 0) is 16.6 Å². The van der Waals surface area contributed by atoms with Crippen LogP contribution < -0.4 is 10.0 Å². The predicted octanol–water partition coefficient (Wildman–Crippen LogP) is 2.03. The van der Waals surface area contributed by atoms with Crippen molar-refractivity contribution in [2.75, 3.05) is 13.1 Å². The lowest BCUT2D eigenvalue weighted by Crippen LogP contribution is -2.33. The van der Waals surface area contributed by atoms with Crippen LogP contribution in [0.3, 0.4) is 0 Å². The van der Waals surface area contributed by atoms with Gasteiger partial charge in [0.05, 0.1) is 4.90 Å². The smallest absolute Gasteiger partial charge is 0.313 e. The number of alkyl halides is 3. The molecule has 0 unspecified atom stereocenters. The zero-order valence-electron chi connectivity index (χ0n) is 11.0. The molecule has 0 aromatic heterocycles. The topological polar surface area (TPSA) is 58.2 Å². The van der Waals surface area contributed by atoms with Gasteiger partial charge in [0.2, 0.25) is 10.0 Å². The highest BCUT2D eigenvalue weighted by Crippen LogP contribution is 2.15. The predicted molar refractivity (Wildman–Crippen MR) is 69.7 cm³/mol. The zero-order valence-corrected chi connectivity index (χ0v) is 11.8. The summed E-state index contributed by atoms with van der Waals surface area (Å²) in [5, 5.41) is 3.14. The summed E-state index contributed by atoms with van der Waals surface area (Å²) in [5.41, 5.74) is 0.869. The van der Waals surface area contributed by atoms with Crippen molar-refractivity contribution in [2.45, 2.75) is 31.0 Å². The number of halogens is 3. The van der Waals surface area contributed by atoms with Gasteiger partial charge in [-0.25, -0.2) is 13.1 Å². The standard InChI is InChI=1S/C12H17F3N2O2S/c1-2-7-16-8-10-3-5-11(6-4-10)20(18,19)17-9-12(13,14)15/h3-6,16-17H,2,7-9H2,1H3. The molecule has 0 amide bonds. The van der Waals surface area contributed by atoms with Gasteiger partial charge in [-0.1, -0.05) is 19.1 Å². The second-order valence-corrected chi connectivity index (χ2v) is 6.03. The fraction of sp³-hybridized carbons (Fsp3) is 0.500. The van der Waals surface area contributed by atoms with E-state index in [2.05, 4.69) is 5.32 Å². The van der Waals surface area contributed by atoms with Crippen molar-refractivity contribution in [1.29, 1.82) is 0 Å². The molecule has 0 atom stereocenters. The van der Waals surface area contributed by atoms with E-state index in [1.54, 1.807) is 12.1 Å². The van der Waals surface area contributed by atoms with Gasteiger partial charge in [0.1, 0.15) is 6.54 Å². The maximum absolute atomic E-state index is 12.0. The Balaban J connectivity index is 2.67. The first kappa shape index (κ1) is 16.9. The normalized spacial score (nSPS) is 12.6. The van der Waals surface area contributed by atoms with Crippen molar-refractivity contribution < 1.29 is 21.6 Å². The van der Waals surface area contributed by atoms with Gasteiger partial charge in [-0.3, -0.25) is 0 Å². The van der Waals surface area contributed by atoms with E-state index in [1.807, 2.05) is 6.92 Å². The Kier molecular flexibility index (Phi) is 5.97. The highest BCUT2D eigenvalue weighted by molar-refractivity contribution is 7.89. The van der Waals surface area contributed by atoms with E-state index in [0.717, 1.165) is 18.5 Å². The van der Waals surface area contributed by atoms with Crippen molar-refractivity contribution in [3.63, 3.8) is 0 Å². The Labute approximate surface area is 116 Å². The molecule has 0 bridgehead atoms. The fourth-order valence-electron chi connectivity index (χ4n) is 1.46. The molecular formula is C12H17F3N2O2S. The SMILES string of the molecule is CCCNCc1ccc(S(=O)(=O)NCC(F)(F)F)cc1. The monoisotopic (exact) mass is 310 g/mol. The lowest BCUT2D eigenvalue weighted by Gasteiger charge is -2.10. The van der Waals surface area contributed by atoms with Crippen LogP contribution in [0, 0.1) is 0 Å². The summed E-state index contributed by atoms with van der Waals surface area (Å²) in [5.74, 6) is 0. The van der Waals surface area contributed by atoms with Crippen molar-refractivity contribution in [2.24, 2.45) is 0 Å². The first-order valence-electron chi connectivity index (χ1n) is 6.10. The van der Waals surface area contributed by atoms with Crippen molar-refractivity contribution in [3.8, 4) is 0 Å². The number of sulfonamides is 1. The van der Waals surface area contributed by atoms with Gasteiger partial charge in [0.25, 0.3) is 0 Å². The van der Waals surface area contributed by atoms with Crippen LogP contribution in [0.15, 0.2) is 29.2 Å². The molecule has 1 aromatic rings. The number of rotatable bonds is 7. The van der Waals surface area contributed by atoms with Gasteiger partial charge in [-0.05, 0) is 30.7 Å². The molecule has 4 nitrogen and oxygen atoms in total. The van der Waals surface area contributed by atoms with Gasteiger partial charge >= 0.3 is 6.18 Å². The summed E-state index contributed by atoms with van der Waals surface area (Å²) < 4.78 is 60.8. The molecule has 0 saturated heterocycles. The molecule has 0 fully saturated rings. The molecule has 0 aliphatic carbocycles. The summed E-state index contributed by atoms with van der Waals surface area (Å²) >= 11 is 0. The quantitative estimate of drug-likeness (QED) is 0.758. The van der Waals surface area contributed by atoms with Gasteiger partial charge in [-0.15, -0.1) is 0 Å². The van der Waals surface area contributed by atoms with Crippen molar-refractivity contribution in [3.05, 3.63) is 29.8 Å². The average molecular weight is 310 g/mol. The minimum absolute atomic E-state index is 0.180. The summed E-state index contributed by atoms with van der Waals surface area (Å²) in [6, 6.07) is 5.74. The van der Waals surface area contributed by atoms with Crippen LogP contribution in [0.25, 0.3) is 0 Å². The summed E-state index contributed by atoms with van der Waals surface area (Å²) in [7, 11) is -4.13. The van der Waals surface area contributed by atoms with Crippen molar-refractivity contribution >= 4 is 10.0 Å². The third-order valence-corrected chi connectivity index (χ3v) is 3.87. The van der Waals surface area contributed by atoms with E-state index in [-0.39, 0.29) is 4.90 Å². The molecule has 0 saturated carbocycles. The van der Waals surface area contributed by atoms with Crippen LogP contribution in [0.1, 0.15) is 18.9 Å². The van der Waals surface area contributed by atoms with Crippen LogP contribution in [-0.4, -0.2) is 27.7 Å². The third kappa shape index (κ3) is 5.89. The minimum atomic E-state index is -4.57. The van der Waals surface area contributed by atoms with Crippen LogP contribution in [0.2, 0.25) is 0 Å².